The maximum absolute atomic E-state index is 12.1. The molecule has 4 heteroatoms. The predicted octanol–water partition coefficient (Wildman–Crippen LogP) is 3.40. The Hall–Kier alpha value is -1.71. The lowest BCUT2D eigenvalue weighted by molar-refractivity contribution is 0.00949. The summed E-state index contributed by atoms with van der Waals surface area (Å²) in [5.41, 5.74) is 7.11. The third-order valence-electron chi connectivity index (χ3n) is 4.03. The summed E-state index contributed by atoms with van der Waals surface area (Å²) in [6, 6.07) is 4.97. The molecule has 0 radical (unpaired) electrons. The van der Waals surface area contributed by atoms with E-state index in [1.807, 2.05) is 0 Å². The van der Waals surface area contributed by atoms with Crippen LogP contribution in [0.15, 0.2) is 18.2 Å². The van der Waals surface area contributed by atoms with Gasteiger partial charge in [0, 0.05) is 0 Å². The number of carbonyl (C=O) groups excluding carboxylic acids is 1. The number of benzene rings is 1. The van der Waals surface area contributed by atoms with Crippen molar-refractivity contribution in [3.8, 4) is 5.75 Å². The molecule has 1 aromatic carbocycles. The van der Waals surface area contributed by atoms with Crippen molar-refractivity contribution in [3.05, 3.63) is 23.8 Å². The summed E-state index contributed by atoms with van der Waals surface area (Å²) in [5.74, 6) is 0.206. The molecule has 1 saturated carbocycles. The van der Waals surface area contributed by atoms with Gasteiger partial charge in [0.05, 0.1) is 18.4 Å². The molecule has 0 aromatic heterocycles. The molecule has 1 aliphatic carbocycles. The van der Waals surface area contributed by atoms with Gasteiger partial charge in [-0.05, 0) is 49.3 Å². The van der Waals surface area contributed by atoms with Gasteiger partial charge in [-0.1, -0.05) is 13.8 Å². The zero-order chi connectivity index (χ0) is 14.8. The van der Waals surface area contributed by atoms with E-state index >= 15 is 0 Å². The molecule has 2 N–H and O–H groups in total. The second-order valence-corrected chi connectivity index (χ2v) is 6.23. The molecule has 0 unspecified atom stereocenters. The number of esters is 1. The third-order valence-corrected chi connectivity index (χ3v) is 4.03. The number of carbonyl (C=O) groups is 1. The van der Waals surface area contributed by atoms with E-state index in [9.17, 15) is 4.79 Å². The maximum atomic E-state index is 12.1. The van der Waals surface area contributed by atoms with Gasteiger partial charge in [0.25, 0.3) is 0 Å². The molecular weight excluding hydrogens is 254 g/mol. The standard InChI is InChI=1S/C16H23NO3/c1-16(2)8-6-12(7-9-16)20-15(18)11-4-5-13(17)14(10-11)19-3/h4-5,10,12H,6-9,17H2,1-3H3. The highest BCUT2D eigenvalue weighted by Gasteiger charge is 2.29. The molecule has 1 aliphatic rings. The molecule has 1 fully saturated rings. The highest BCUT2D eigenvalue weighted by molar-refractivity contribution is 5.90. The molecule has 0 heterocycles. The van der Waals surface area contributed by atoms with Crippen LogP contribution in [0.2, 0.25) is 0 Å². The van der Waals surface area contributed by atoms with E-state index < -0.39 is 0 Å². The van der Waals surface area contributed by atoms with Crippen molar-refractivity contribution in [2.75, 3.05) is 12.8 Å². The topological polar surface area (TPSA) is 61.5 Å². The SMILES string of the molecule is COc1cc(C(=O)OC2CCC(C)(C)CC2)ccc1N. The lowest BCUT2D eigenvalue weighted by Gasteiger charge is -2.33. The number of hydrogen-bond acceptors (Lipinski definition) is 4. The average molecular weight is 277 g/mol. The molecule has 110 valence electrons. The minimum atomic E-state index is -0.298. The van der Waals surface area contributed by atoms with Crippen LogP contribution < -0.4 is 10.5 Å². The predicted molar refractivity (Wildman–Crippen MR) is 78.9 cm³/mol. The number of methoxy groups -OCH3 is 1. The van der Waals surface area contributed by atoms with E-state index in [-0.39, 0.29) is 12.1 Å². The Kier molecular flexibility index (Phi) is 4.21. The first-order valence-electron chi connectivity index (χ1n) is 7.06. The summed E-state index contributed by atoms with van der Waals surface area (Å²) in [7, 11) is 1.53. The Labute approximate surface area is 120 Å². The van der Waals surface area contributed by atoms with Crippen molar-refractivity contribution >= 4 is 11.7 Å². The molecule has 0 aliphatic heterocycles. The summed E-state index contributed by atoms with van der Waals surface area (Å²) in [6.07, 6.45) is 4.08. The van der Waals surface area contributed by atoms with E-state index in [1.165, 1.54) is 7.11 Å². The van der Waals surface area contributed by atoms with Crippen LogP contribution in [0.3, 0.4) is 0 Å². The number of rotatable bonds is 3. The quantitative estimate of drug-likeness (QED) is 0.679. The number of anilines is 1. The zero-order valence-corrected chi connectivity index (χ0v) is 12.4. The van der Waals surface area contributed by atoms with Crippen LogP contribution in [-0.4, -0.2) is 19.2 Å². The molecule has 4 nitrogen and oxygen atoms in total. The van der Waals surface area contributed by atoms with Crippen LogP contribution in [-0.2, 0) is 4.74 Å². The molecule has 1 aromatic rings. The van der Waals surface area contributed by atoms with Crippen LogP contribution in [0.4, 0.5) is 5.69 Å². The van der Waals surface area contributed by atoms with Crippen molar-refractivity contribution in [1.82, 2.24) is 0 Å². The highest BCUT2D eigenvalue weighted by Crippen LogP contribution is 2.36. The van der Waals surface area contributed by atoms with Crippen LogP contribution in [0.1, 0.15) is 49.9 Å². The molecule has 0 bridgehead atoms. The van der Waals surface area contributed by atoms with Gasteiger partial charge in [0.15, 0.2) is 0 Å². The summed E-state index contributed by atoms with van der Waals surface area (Å²) in [6.45, 7) is 4.52. The lowest BCUT2D eigenvalue weighted by Crippen LogP contribution is -2.28. The Bertz CT molecular complexity index is 486. The first-order valence-corrected chi connectivity index (χ1v) is 7.06. The van der Waals surface area contributed by atoms with Crippen LogP contribution in [0.25, 0.3) is 0 Å². The average Bonchev–Trinajstić information content (AvgIpc) is 2.41. The fourth-order valence-electron chi connectivity index (χ4n) is 2.55. The smallest absolute Gasteiger partial charge is 0.338 e. The van der Waals surface area contributed by atoms with Gasteiger partial charge in [-0.3, -0.25) is 0 Å². The second kappa shape index (κ2) is 5.73. The summed E-state index contributed by atoms with van der Waals surface area (Å²) >= 11 is 0. The Morgan fingerprint density at radius 3 is 2.55 bits per heavy atom. The maximum Gasteiger partial charge on any atom is 0.338 e. The zero-order valence-electron chi connectivity index (χ0n) is 12.4. The van der Waals surface area contributed by atoms with Crippen molar-refractivity contribution in [1.29, 1.82) is 0 Å². The molecule has 2 rings (SSSR count). The van der Waals surface area contributed by atoms with Gasteiger partial charge in [0.2, 0.25) is 0 Å². The Morgan fingerprint density at radius 1 is 1.30 bits per heavy atom. The minimum absolute atomic E-state index is 0.0269. The van der Waals surface area contributed by atoms with Gasteiger partial charge in [-0.25, -0.2) is 4.79 Å². The first kappa shape index (κ1) is 14.7. The number of nitrogens with two attached hydrogens (primary N) is 1. The molecule has 0 amide bonds. The fourth-order valence-corrected chi connectivity index (χ4v) is 2.55. The van der Waals surface area contributed by atoms with E-state index in [0.717, 1.165) is 25.7 Å². The van der Waals surface area contributed by atoms with Gasteiger partial charge in [-0.15, -0.1) is 0 Å². The highest BCUT2D eigenvalue weighted by atomic mass is 16.5. The van der Waals surface area contributed by atoms with Gasteiger partial charge < -0.3 is 15.2 Å². The van der Waals surface area contributed by atoms with E-state index in [2.05, 4.69) is 13.8 Å². The summed E-state index contributed by atoms with van der Waals surface area (Å²) in [5, 5.41) is 0. The van der Waals surface area contributed by atoms with Crippen molar-refractivity contribution in [2.24, 2.45) is 5.41 Å². The Balaban J connectivity index is 1.99. The second-order valence-electron chi connectivity index (χ2n) is 6.23. The molecular formula is C16H23NO3. The normalized spacial score (nSPS) is 18.6. The number of nitrogen functional groups attached to an aromatic ring is 1. The van der Waals surface area contributed by atoms with Crippen molar-refractivity contribution in [2.45, 2.75) is 45.6 Å². The molecule has 20 heavy (non-hydrogen) atoms. The van der Waals surface area contributed by atoms with Crippen LogP contribution in [0.5, 0.6) is 5.75 Å². The fraction of sp³-hybridized carbons (Fsp3) is 0.562. The lowest BCUT2D eigenvalue weighted by atomic mass is 9.76. The van der Waals surface area contributed by atoms with Crippen LogP contribution in [0, 0.1) is 5.41 Å². The van der Waals surface area contributed by atoms with Gasteiger partial charge in [-0.2, -0.15) is 0 Å². The largest absolute Gasteiger partial charge is 0.495 e. The Morgan fingerprint density at radius 2 is 1.95 bits per heavy atom. The van der Waals surface area contributed by atoms with Gasteiger partial charge >= 0.3 is 5.97 Å². The number of hydrogen-bond donors (Lipinski definition) is 1. The molecule has 0 spiro atoms. The molecule has 0 saturated heterocycles. The summed E-state index contributed by atoms with van der Waals surface area (Å²) < 4.78 is 10.7. The van der Waals surface area contributed by atoms with Crippen molar-refractivity contribution in [3.63, 3.8) is 0 Å². The molecule has 0 atom stereocenters. The minimum Gasteiger partial charge on any atom is -0.495 e. The third kappa shape index (κ3) is 3.44. The van der Waals surface area contributed by atoms with E-state index in [0.29, 0.717) is 22.4 Å². The van der Waals surface area contributed by atoms with E-state index in [4.69, 9.17) is 15.2 Å². The monoisotopic (exact) mass is 277 g/mol. The van der Waals surface area contributed by atoms with Crippen LogP contribution >= 0.6 is 0 Å². The summed E-state index contributed by atoms with van der Waals surface area (Å²) in [4.78, 5) is 12.1. The van der Waals surface area contributed by atoms with E-state index in [1.54, 1.807) is 18.2 Å². The van der Waals surface area contributed by atoms with Gasteiger partial charge in [0.1, 0.15) is 11.9 Å². The van der Waals surface area contributed by atoms with Crippen molar-refractivity contribution < 1.29 is 14.3 Å². The number of ether oxygens (including phenoxy) is 2. The first-order chi connectivity index (χ1) is 9.41.